The lowest BCUT2D eigenvalue weighted by molar-refractivity contribution is -0.182. The van der Waals surface area contributed by atoms with E-state index < -0.39 is 42.7 Å². The number of hydrogen-bond donors (Lipinski definition) is 3. The largest absolute Gasteiger partial charge is 0.479 e. The summed E-state index contributed by atoms with van der Waals surface area (Å²) in [7, 11) is 0. The van der Waals surface area contributed by atoms with Crippen molar-refractivity contribution in [1.29, 1.82) is 0 Å². The van der Waals surface area contributed by atoms with Crippen LogP contribution in [-0.2, 0) is 14.3 Å². The van der Waals surface area contributed by atoms with Gasteiger partial charge in [-0.05, 0) is 35.6 Å². The lowest BCUT2D eigenvalue weighted by Gasteiger charge is -2.19. The monoisotopic (exact) mass is 464 g/mol. The molecule has 1 aliphatic rings. The van der Waals surface area contributed by atoms with Gasteiger partial charge in [-0.2, -0.15) is 13.2 Å². The number of hydrogen-bond acceptors (Lipinski definition) is 4. The van der Waals surface area contributed by atoms with Crippen LogP contribution in [0.25, 0.3) is 11.1 Å². The summed E-state index contributed by atoms with van der Waals surface area (Å²) >= 11 is 0. The van der Waals surface area contributed by atoms with Crippen molar-refractivity contribution in [2.24, 2.45) is 0 Å². The number of halogens is 3. The molecule has 0 fully saturated rings. The highest BCUT2D eigenvalue weighted by molar-refractivity contribution is 5.84. The van der Waals surface area contributed by atoms with Gasteiger partial charge < -0.3 is 20.5 Å². The molecule has 1 aliphatic carbocycles. The van der Waals surface area contributed by atoms with Gasteiger partial charge in [0, 0.05) is 18.4 Å². The molecule has 0 bridgehead atoms. The van der Waals surface area contributed by atoms with Gasteiger partial charge in [0.25, 0.3) is 0 Å². The fourth-order valence-electron chi connectivity index (χ4n) is 3.78. The van der Waals surface area contributed by atoms with E-state index in [-0.39, 0.29) is 18.9 Å². The summed E-state index contributed by atoms with van der Waals surface area (Å²) in [6.45, 7) is 1.66. The van der Waals surface area contributed by atoms with Gasteiger partial charge in [-0.15, -0.1) is 0 Å². The predicted molar refractivity (Wildman–Crippen MR) is 113 cm³/mol. The van der Waals surface area contributed by atoms with Crippen LogP contribution in [0.4, 0.5) is 18.0 Å². The smallest absolute Gasteiger partial charge is 0.419 e. The molecule has 0 saturated carbocycles. The molecule has 2 unspecified atom stereocenters. The first-order valence-corrected chi connectivity index (χ1v) is 10.3. The second kappa shape index (κ2) is 9.93. The van der Waals surface area contributed by atoms with E-state index in [1.54, 1.807) is 6.92 Å². The number of carbonyl (C=O) groups excluding carboxylic acids is 2. The third kappa shape index (κ3) is 5.82. The summed E-state index contributed by atoms with van der Waals surface area (Å²) in [5, 5.41) is 12.6. The summed E-state index contributed by atoms with van der Waals surface area (Å²) in [4.78, 5) is 34.6. The van der Waals surface area contributed by atoms with E-state index in [1.165, 1.54) is 5.32 Å². The molecule has 33 heavy (non-hydrogen) atoms. The highest BCUT2D eigenvalue weighted by Gasteiger charge is 2.46. The number of nitrogens with one attached hydrogen (secondary N) is 2. The first kappa shape index (κ1) is 24.1. The highest BCUT2D eigenvalue weighted by Crippen LogP contribution is 2.44. The predicted octanol–water partition coefficient (Wildman–Crippen LogP) is 3.83. The van der Waals surface area contributed by atoms with Gasteiger partial charge in [0.05, 0.1) is 0 Å². The van der Waals surface area contributed by atoms with Crippen LogP contribution < -0.4 is 10.6 Å². The van der Waals surface area contributed by atoms with E-state index in [1.807, 2.05) is 48.5 Å². The Bertz CT molecular complexity index is 995. The van der Waals surface area contributed by atoms with Crippen molar-refractivity contribution in [1.82, 2.24) is 10.6 Å². The number of aliphatic carboxylic acids is 1. The summed E-state index contributed by atoms with van der Waals surface area (Å²) in [5.41, 5.74) is 4.27. The Morgan fingerprint density at radius 3 is 2.06 bits per heavy atom. The fourth-order valence-corrected chi connectivity index (χ4v) is 3.78. The van der Waals surface area contributed by atoms with Crippen molar-refractivity contribution in [2.75, 3.05) is 6.61 Å². The van der Waals surface area contributed by atoms with Crippen molar-refractivity contribution in [3.8, 4) is 11.1 Å². The maximum atomic E-state index is 12.6. The lowest BCUT2D eigenvalue weighted by atomic mass is 9.98. The van der Waals surface area contributed by atoms with E-state index in [0.29, 0.717) is 0 Å². The van der Waals surface area contributed by atoms with Crippen LogP contribution in [0.1, 0.15) is 36.8 Å². The molecule has 7 nitrogen and oxygen atoms in total. The summed E-state index contributed by atoms with van der Waals surface area (Å²) < 4.78 is 43.3. The van der Waals surface area contributed by atoms with Crippen LogP contribution in [0, 0.1) is 0 Å². The number of ether oxygens (including phenoxy) is 1. The van der Waals surface area contributed by atoms with Gasteiger partial charge in [-0.3, -0.25) is 4.79 Å². The molecule has 10 heteroatoms. The quantitative estimate of drug-likeness (QED) is 0.551. The number of alkyl carbamates (subject to hydrolysis) is 1. The Kier molecular flexibility index (Phi) is 7.25. The molecule has 0 aromatic heterocycles. The molecule has 2 atom stereocenters. The average molecular weight is 464 g/mol. The van der Waals surface area contributed by atoms with Crippen LogP contribution in [-0.4, -0.2) is 47.9 Å². The van der Waals surface area contributed by atoms with E-state index in [2.05, 4.69) is 5.32 Å². The SMILES string of the molecule is CC(CCC(=O)NC(C(=O)O)C(F)(F)F)NC(=O)OCC1c2ccccc2-c2ccccc21. The van der Waals surface area contributed by atoms with Gasteiger partial charge in [-0.1, -0.05) is 48.5 Å². The third-order valence-corrected chi connectivity index (χ3v) is 5.39. The summed E-state index contributed by atoms with van der Waals surface area (Å²) in [5.74, 6) is -3.40. The zero-order valence-corrected chi connectivity index (χ0v) is 17.7. The molecule has 3 rings (SSSR count). The summed E-state index contributed by atoms with van der Waals surface area (Å²) in [6.07, 6.45) is -6.22. The number of amides is 2. The van der Waals surface area contributed by atoms with Crippen LogP contribution in [0.15, 0.2) is 48.5 Å². The van der Waals surface area contributed by atoms with Gasteiger partial charge in [0.1, 0.15) is 6.61 Å². The average Bonchev–Trinajstić information content (AvgIpc) is 3.07. The van der Waals surface area contributed by atoms with Crippen LogP contribution in [0.2, 0.25) is 0 Å². The van der Waals surface area contributed by atoms with E-state index in [0.717, 1.165) is 22.3 Å². The van der Waals surface area contributed by atoms with Crippen molar-refractivity contribution in [3.63, 3.8) is 0 Å². The number of carboxylic acids is 1. The molecular formula is C23H23F3N2O5. The number of alkyl halides is 3. The van der Waals surface area contributed by atoms with Crippen LogP contribution in [0.5, 0.6) is 0 Å². The molecule has 3 N–H and O–H groups in total. The maximum absolute atomic E-state index is 12.6. The number of rotatable bonds is 8. The van der Waals surface area contributed by atoms with Crippen LogP contribution >= 0.6 is 0 Å². The number of fused-ring (bicyclic) bond motifs is 3. The highest BCUT2D eigenvalue weighted by atomic mass is 19.4. The number of carboxylic acid groups (broad SMARTS) is 1. The van der Waals surface area contributed by atoms with E-state index in [9.17, 15) is 27.6 Å². The van der Waals surface area contributed by atoms with Gasteiger partial charge in [0.15, 0.2) is 0 Å². The van der Waals surface area contributed by atoms with Crippen molar-refractivity contribution in [2.45, 2.75) is 43.9 Å². The molecule has 2 aromatic carbocycles. The Morgan fingerprint density at radius 2 is 1.55 bits per heavy atom. The molecule has 0 heterocycles. The Hall–Kier alpha value is -3.56. The van der Waals surface area contributed by atoms with Crippen molar-refractivity contribution in [3.05, 3.63) is 59.7 Å². The zero-order chi connectivity index (χ0) is 24.2. The van der Waals surface area contributed by atoms with Gasteiger partial charge in [0.2, 0.25) is 11.9 Å². The zero-order valence-electron chi connectivity index (χ0n) is 17.7. The van der Waals surface area contributed by atoms with Crippen molar-refractivity contribution >= 4 is 18.0 Å². The Balaban J connectivity index is 1.49. The van der Waals surface area contributed by atoms with E-state index in [4.69, 9.17) is 9.84 Å². The molecule has 0 aliphatic heterocycles. The molecule has 0 spiro atoms. The summed E-state index contributed by atoms with van der Waals surface area (Å²) in [6, 6.07) is 12.1. The minimum atomic E-state index is -5.10. The fraction of sp³-hybridized carbons (Fsp3) is 0.348. The Morgan fingerprint density at radius 1 is 1.00 bits per heavy atom. The number of benzene rings is 2. The lowest BCUT2D eigenvalue weighted by Crippen LogP contribution is -2.50. The minimum absolute atomic E-state index is 0.000223. The second-order valence-corrected chi connectivity index (χ2v) is 7.79. The van der Waals surface area contributed by atoms with E-state index >= 15 is 0 Å². The first-order valence-electron chi connectivity index (χ1n) is 10.3. The van der Waals surface area contributed by atoms with Crippen LogP contribution in [0.3, 0.4) is 0 Å². The standard InChI is InChI=1S/C23H23F3N2O5/c1-13(10-11-19(29)28-20(21(30)31)23(24,25)26)27-22(32)33-12-18-16-8-4-2-6-14(16)15-7-3-5-9-17(15)18/h2-9,13,18,20H,10-12H2,1H3,(H,27,32)(H,28,29)(H,30,31). The topological polar surface area (TPSA) is 105 Å². The second-order valence-electron chi connectivity index (χ2n) is 7.79. The maximum Gasteiger partial charge on any atom is 0.419 e. The van der Waals surface area contributed by atoms with Gasteiger partial charge >= 0.3 is 18.2 Å². The first-order chi connectivity index (χ1) is 15.6. The molecule has 0 saturated heterocycles. The molecule has 176 valence electrons. The normalized spacial score (nSPS) is 14.5. The minimum Gasteiger partial charge on any atom is -0.479 e. The molecule has 2 aromatic rings. The number of carbonyl (C=O) groups is 3. The Labute approximate surface area is 187 Å². The molecular weight excluding hydrogens is 441 g/mol. The molecule has 0 radical (unpaired) electrons. The molecule has 2 amide bonds. The van der Waals surface area contributed by atoms with Gasteiger partial charge in [-0.25, -0.2) is 9.59 Å². The van der Waals surface area contributed by atoms with Crippen molar-refractivity contribution < 1.29 is 37.4 Å². The third-order valence-electron chi connectivity index (χ3n) is 5.39.